The molecule has 1 heterocycles. The Labute approximate surface area is 77.8 Å². The number of alkyl halides is 1. The number of hydrogen-bond donors (Lipinski definition) is 1. The highest BCUT2D eigenvalue weighted by molar-refractivity contribution is 5.05. The molecule has 0 aliphatic rings. The van der Waals surface area contributed by atoms with Crippen LogP contribution in [0.5, 0.6) is 0 Å². The maximum atomic E-state index is 14.1. The molecule has 3 nitrogen and oxygen atoms in total. The third-order valence-corrected chi connectivity index (χ3v) is 2.19. The van der Waals surface area contributed by atoms with Gasteiger partial charge in [-0.05, 0) is 6.42 Å². The molecule has 0 aliphatic heterocycles. The van der Waals surface area contributed by atoms with E-state index in [2.05, 4.69) is 4.98 Å². The fourth-order valence-electron chi connectivity index (χ4n) is 1.50. The van der Waals surface area contributed by atoms with Crippen molar-refractivity contribution in [1.82, 2.24) is 9.55 Å². The lowest BCUT2D eigenvalue weighted by Crippen LogP contribution is -2.33. The Bertz CT molecular complexity index is 272. The zero-order valence-electron chi connectivity index (χ0n) is 8.13. The molecule has 0 fully saturated rings. The molecule has 74 valence electrons. The van der Waals surface area contributed by atoms with Crippen molar-refractivity contribution < 1.29 is 4.39 Å². The number of halogens is 1. The summed E-state index contributed by atoms with van der Waals surface area (Å²) in [7, 11) is 1.78. The number of aromatic nitrogens is 2. The second kappa shape index (κ2) is 3.87. The quantitative estimate of drug-likeness (QED) is 0.769. The first-order valence-electron chi connectivity index (χ1n) is 4.51. The van der Waals surface area contributed by atoms with Crippen molar-refractivity contribution in [2.24, 2.45) is 12.8 Å². The standard InChI is InChI=1S/C9H16FN3/c1-3-4-9(10,7-11)8-12-5-6-13(8)2/h5-6H,3-4,7,11H2,1-2H3. The molecule has 0 aliphatic carbocycles. The van der Waals surface area contributed by atoms with Crippen LogP contribution in [-0.4, -0.2) is 16.1 Å². The van der Waals surface area contributed by atoms with Gasteiger partial charge in [0.25, 0.3) is 0 Å². The number of rotatable bonds is 4. The van der Waals surface area contributed by atoms with Gasteiger partial charge in [0.05, 0.1) is 0 Å². The van der Waals surface area contributed by atoms with E-state index in [4.69, 9.17) is 5.73 Å². The minimum absolute atomic E-state index is 0.00824. The topological polar surface area (TPSA) is 43.8 Å². The summed E-state index contributed by atoms with van der Waals surface area (Å²) in [5, 5.41) is 0. The van der Waals surface area contributed by atoms with Crippen LogP contribution < -0.4 is 5.73 Å². The number of nitrogens with zero attached hydrogens (tertiary/aromatic N) is 2. The highest BCUT2D eigenvalue weighted by Gasteiger charge is 2.33. The van der Waals surface area contributed by atoms with Crippen LogP contribution in [0.15, 0.2) is 12.4 Å². The van der Waals surface area contributed by atoms with Gasteiger partial charge in [0.15, 0.2) is 5.67 Å². The van der Waals surface area contributed by atoms with E-state index in [1.54, 1.807) is 24.0 Å². The summed E-state index contributed by atoms with van der Waals surface area (Å²) in [5.41, 5.74) is 3.96. The Kier molecular flexibility index (Phi) is 3.03. The predicted octanol–water partition coefficient (Wildman–Crippen LogP) is 1.34. The largest absolute Gasteiger partial charge is 0.335 e. The average Bonchev–Trinajstić information content (AvgIpc) is 2.52. The Morgan fingerprint density at radius 3 is 2.77 bits per heavy atom. The number of nitrogens with two attached hydrogens (primary N) is 1. The predicted molar refractivity (Wildman–Crippen MR) is 50.0 cm³/mol. The van der Waals surface area contributed by atoms with Gasteiger partial charge in [0, 0.05) is 26.0 Å². The molecule has 0 radical (unpaired) electrons. The maximum Gasteiger partial charge on any atom is 0.180 e. The Morgan fingerprint density at radius 1 is 1.69 bits per heavy atom. The third-order valence-electron chi connectivity index (χ3n) is 2.19. The van der Waals surface area contributed by atoms with Crippen molar-refractivity contribution in [1.29, 1.82) is 0 Å². The van der Waals surface area contributed by atoms with Gasteiger partial charge in [-0.25, -0.2) is 9.37 Å². The lowest BCUT2D eigenvalue weighted by molar-refractivity contribution is 0.143. The number of hydrogen-bond acceptors (Lipinski definition) is 2. The van der Waals surface area contributed by atoms with Crippen LogP contribution in [0.3, 0.4) is 0 Å². The van der Waals surface area contributed by atoms with Crippen LogP contribution in [-0.2, 0) is 12.7 Å². The lowest BCUT2D eigenvalue weighted by atomic mass is 9.99. The van der Waals surface area contributed by atoms with Crippen LogP contribution in [0, 0.1) is 0 Å². The molecule has 1 aromatic heterocycles. The maximum absolute atomic E-state index is 14.1. The summed E-state index contributed by atoms with van der Waals surface area (Å²) in [4.78, 5) is 3.99. The second-order valence-corrected chi connectivity index (χ2v) is 3.28. The van der Waals surface area contributed by atoms with Gasteiger partial charge in [-0.3, -0.25) is 0 Å². The molecular formula is C9H16FN3. The second-order valence-electron chi connectivity index (χ2n) is 3.28. The van der Waals surface area contributed by atoms with Crippen molar-refractivity contribution in [3.8, 4) is 0 Å². The molecule has 2 N–H and O–H groups in total. The van der Waals surface area contributed by atoms with Crippen molar-refractivity contribution in [3.63, 3.8) is 0 Å². The molecule has 1 rings (SSSR count). The summed E-state index contributed by atoms with van der Waals surface area (Å²) in [5.74, 6) is 0.428. The van der Waals surface area contributed by atoms with E-state index < -0.39 is 5.67 Å². The van der Waals surface area contributed by atoms with E-state index in [0.717, 1.165) is 6.42 Å². The molecular weight excluding hydrogens is 169 g/mol. The average molecular weight is 185 g/mol. The zero-order valence-corrected chi connectivity index (χ0v) is 8.13. The molecule has 1 unspecified atom stereocenters. The fraction of sp³-hybridized carbons (Fsp3) is 0.667. The van der Waals surface area contributed by atoms with Crippen molar-refractivity contribution >= 4 is 0 Å². The smallest absolute Gasteiger partial charge is 0.180 e. The first kappa shape index (κ1) is 10.2. The van der Waals surface area contributed by atoms with Gasteiger partial charge in [-0.15, -0.1) is 0 Å². The van der Waals surface area contributed by atoms with Gasteiger partial charge in [-0.1, -0.05) is 13.3 Å². The Hall–Kier alpha value is -0.900. The highest BCUT2D eigenvalue weighted by atomic mass is 19.1. The third kappa shape index (κ3) is 1.88. The van der Waals surface area contributed by atoms with E-state index in [1.165, 1.54) is 0 Å². The van der Waals surface area contributed by atoms with E-state index >= 15 is 0 Å². The van der Waals surface area contributed by atoms with Gasteiger partial charge < -0.3 is 10.3 Å². The summed E-state index contributed by atoms with van der Waals surface area (Å²) >= 11 is 0. The summed E-state index contributed by atoms with van der Waals surface area (Å²) in [6, 6.07) is 0. The van der Waals surface area contributed by atoms with Gasteiger partial charge in [-0.2, -0.15) is 0 Å². The summed E-state index contributed by atoms with van der Waals surface area (Å²) in [6.45, 7) is 1.93. The van der Waals surface area contributed by atoms with E-state index in [1.807, 2.05) is 6.92 Å². The minimum atomic E-state index is -1.47. The summed E-state index contributed by atoms with van der Waals surface area (Å²) < 4.78 is 15.8. The van der Waals surface area contributed by atoms with E-state index in [-0.39, 0.29) is 6.54 Å². The Morgan fingerprint density at radius 2 is 2.38 bits per heavy atom. The van der Waals surface area contributed by atoms with Crippen LogP contribution in [0.2, 0.25) is 0 Å². The molecule has 0 saturated heterocycles. The van der Waals surface area contributed by atoms with Crippen LogP contribution in [0.25, 0.3) is 0 Å². The van der Waals surface area contributed by atoms with Crippen LogP contribution in [0.1, 0.15) is 25.6 Å². The van der Waals surface area contributed by atoms with Crippen molar-refractivity contribution in [2.45, 2.75) is 25.4 Å². The van der Waals surface area contributed by atoms with E-state index in [9.17, 15) is 4.39 Å². The molecule has 1 atom stereocenters. The van der Waals surface area contributed by atoms with Crippen molar-refractivity contribution in [3.05, 3.63) is 18.2 Å². The molecule has 0 bridgehead atoms. The molecule has 13 heavy (non-hydrogen) atoms. The number of imidazole rings is 1. The van der Waals surface area contributed by atoms with Gasteiger partial charge >= 0.3 is 0 Å². The molecule has 1 aromatic rings. The first-order valence-corrected chi connectivity index (χ1v) is 4.51. The van der Waals surface area contributed by atoms with E-state index in [0.29, 0.717) is 12.2 Å². The van der Waals surface area contributed by atoms with Crippen molar-refractivity contribution in [2.75, 3.05) is 6.54 Å². The van der Waals surface area contributed by atoms with Gasteiger partial charge in [0.1, 0.15) is 5.82 Å². The number of aryl methyl sites for hydroxylation is 1. The lowest BCUT2D eigenvalue weighted by Gasteiger charge is -2.22. The van der Waals surface area contributed by atoms with Crippen LogP contribution >= 0.6 is 0 Å². The van der Waals surface area contributed by atoms with Gasteiger partial charge in [0.2, 0.25) is 0 Å². The molecule has 0 spiro atoms. The molecule has 0 saturated carbocycles. The molecule has 4 heteroatoms. The SMILES string of the molecule is CCCC(F)(CN)c1nccn1C. The first-order chi connectivity index (χ1) is 6.14. The van der Waals surface area contributed by atoms with Crippen LogP contribution in [0.4, 0.5) is 4.39 Å². The molecule has 0 amide bonds. The fourth-order valence-corrected chi connectivity index (χ4v) is 1.50. The molecule has 0 aromatic carbocycles. The normalized spacial score (nSPS) is 15.7. The minimum Gasteiger partial charge on any atom is -0.335 e. The zero-order chi connectivity index (χ0) is 9.90. The highest BCUT2D eigenvalue weighted by Crippen LogP contribution is 2.28. The monoisotopic (exact) mass is 185 g/mol. The Balaban J connectivity index is 2.95. The summed E-state index contributed by atoms with van der Waals surface area (Å²) in [6.07, 6.45) is 4.51.